The first-order valence-electron chi connectivity index (χ1n) is 8.42. The summed E-state index contributed by atoms with van der Waals surface area (Å²) in [5.74, 6) is 0.505. The zero-order valence-corrected chi connectivity index (χ0v) is 15.5. The van der Waals surface area contributed by atoms with Crippen LogP contribution >= 0.6 is 11.3 Å². The highest BCUT2D eigenvalue weighted by Crippen LogP contribution is 2.30. The number of benzene rings is 1. The summed E-state index contributed by atoms with van der Waals surface area (Å²) in [7, 11) is 1.68. The Morgan fingerprint density at radius 2 is 2.04 bits per heavy atom. The SMILES string of the molecule is CN(Cc1ccco1)C(=O)Cn1cnc2sc(-c3ccccc3)cc2c1=O. The molecule has 0 aliphatic rings. The molecule has 0 bridgehead atoms. The van der Waals surface area contributed by atoms with Crippen molar-refractivity contribution in [2.45, 2.75) is 13.1 Å². The first-order chi connectivity index (χ1) is 13.1. The van der Waals surface area contributed by atoms with Gasteiger partial charge in [0.15, 0.2) is 0 Å². The van der Waals surface area contributed by atoms with Crippen LogP contribution in [0.3, 0.4) is 0 Å². The standard InChI is InChI=1S/C20H17N3O3S/c1-22(11-15-8-5-9-26-15)18(24)12-23-13-21-19-16(20(23)25)10-17(27-19)14-6-3-2-4-7-14/h2-10,13H,11-12H2,1H3. The molecule has 0 atom stereocenters. The fraction of sp³-hybridized carbons (Fsp3) is 0.150. The van der Waals surface area contributed by atoms with E-state index < -0.39 is 0 Å². The van der Waals surface area contributed by atoms with Crippen LogP contribution in [0.25, 0.3) is 20.7 Å². The predicted octanol–water partition coefficient (Wildman–Crippen LogP) is 3.38. The van der Waals surface area contributed by atoms with Gasteiger partial charge in [-0.05, 0) is 23.8 Å². The number of carbonyl (C=O) groups is 1. The molecule has 0 fully saturated rings. The zero-order chi connectivity index (χ0) is 18.8. The molecule has 3 heterocycles. The monoisotopic (exact) mass is 379 g/mol. The van der Waals surface area contributed by atoms with E-state index >= 15 is 0 Å². The maximum absolute atomic E-state index is 12.8. The van der Waals surface area contributed by atoms with Crippen LogP contribution in [-0.4, -0.2) is 27.4 Å². The Balaban J connectivity index is 1.58. The molecule has 3 aromatic heterocycles. The number of likely N-dealkylation sites (N-methyl/N-ethyl adjacent to an activating group) is 1. The van der Waals surface area contributed by atoms with Gasteiger partial charge in [0.05, 0.1) is 24.5 Å². The van der Waals surface area contributed by atoms with E-state index in [1.54, 1.807) is 25.4 Å². The molecular weight excluding hydrogens is 362 g/mol. The highest BCUT2D eigenvalue weighted by Gasteiger charge is 2.15. The van der Waals surface area contributed by atoms with Crippen LogP contribution < -0.4 is 5.56 Å². The van der Waals surface area contributed by atoms with Crippen LogP contribution in [0.4, 0.5) is 0 Å². The van der Waals surface area contributed by atoms with Crippen LogP contribution in [0, 0.1) is 0 Å². The second-order valence-electron chi connectivity index (χ2n) is 6.20. The lowest BCUT2D eigenvalue weighted by Gasteiger charge is -2.16. The lowest BCUT2D eigenvalue weighted by atomic mass is 10.2. The Bertz CT molecular complexity index is 1130. The van der Waals surface area contributed by atoms with Gasteiger partial charge < -0.3 is 9.32 Å². The normalized spacial score (nSPS) is 11.0. The van der Waals surface area contributed by atoms with E-state index in [9.17, 15) is 9.59 Å². The van der Waals surface area contributed by atoms with Crippen molar-refractivity contribution in [1.29, 1.82) is 0 Å². The fourth-order valence-corrected chi connectivity index (χ4v) is 3.80. The molecule has 1 aromatic carbocycles. The van der Waals surface area contributed by atoms with Crippen LogP contribution in [0.2, 0.25) is 0 Å². The van der Waals surface area contributed by atoms with E-state index in [-0.39, 0.29) is 18.0 Å². The Kier molecular flexibility index (Phi) is 4.60. The number of nitrogens with zero attached hydrogens (tertiary/aromatic N) is 3. The molecule has 0 unspecified atom stereocenters. The lowest BCUT2D eigenvalue weighted by Crippen LogP contribution is -2.33. The molecule has 136 valence electrons. The molecular formula is C20H17N3O3S. The van der Waals surface area contributed by atoms with Crippen LogP contribution in [0.5, 0.6) is 0 Å². The first kappa shape index (κ1) is 17.2. The van der Waals surface area contributed by atoms with Crippen LogP contribution in [0.1, 0.15) is 5.76 Å². The molecule has 0 spiro atoms. The molecule has 1 amide bonds. The minimum Gasteiger partial charge on any atom is -0.467 e. The average Bonchev–Trinajstić information content (AvgIpc) is 3.34. The van der Waals surface area contributed by atoms with E-state index in [1.807, 2.05) is 36.4 Å². The summed E-state index contributed by atoms with van der Waals surface area (Å²) in [4.78, 5) is 32.8. The number of carbonyl (C=O) groups excluding carboxylic acids is 1. The summed E-state index contributed by atoms with van der Waals surface area (Å²) in [6.07, 6.45) is 3.01. The average molecular weight is 379 g/mol. The molecule has 27 heavy (non-hydrogen) atoms. The van der Waals surface area contributed by atoms with Gasteiger partial charge >= 0.3 is 0 Å². The molecule has 0 aliphatic carbocycles. The summed E-state index contributed by atoms with van der Waals surface area (Å²) in [6, 6.07) is 15.3. The maximum Gasteiger partial charge on any atom is 0.262 e. The Labute approximate surface area is 159 Å². The molecule has 0 saturated heterocycles. The molecule has 0 radical (unpaired) electrons. The summed E-state index contributed by atoms with van der Waals surface area (Å²) in [6.45, 7) is 0.294. The van der Waals surface area contributed by atoms with E-state index in [4.69, 9.17) is 4.42 Å². The van der Waals surface area contributed by atoms with Crippen LogP contribution in [0.15, 0.2) is 70.3 Å². The minimum atomic E-state index is -0.210. The van der Waals surface area contributed by atoms with Gasteiger partial charge in [-0.1, -0.05) is 30.3 Å². The number of hydrogen-bond donors (Lipinski definition) is 0. The second kappa shape index (κ2) is 7.20. The summed E-state index contributed by atoms with van der Waals surface area (Å²) in [5, 5.41) is 0.530. The van der Waals surface area contributed by atoms with Crippen molar-refractivity contribution in [2.24, 2.45) is 0 Å². The second-order valence-corrected chi connectivity index (χ2v) is 7.23. The van der Waals surface area contributed by atoms with Crippen LogP contribution in [-0.2, 0) is 17.9 Å². The summed E-state index contributed by atoms with van der Waals surface area (Å²) < 4.78 is 6.61. The smallest absolute Gasteiger partial charge is 0.262 e. The van der Waals surface area contributed by atoms with Gasteiger partial charge in [-0.3, -0.25) is 14.2 Å². The van der Waals surface area contributed by atoms with E-state index in [2.05, 4.69) is 4.98 Å². The van der Waals surface area contributed by atoms with Gasteiger partial charge in [0, 0.05) is 11.9 Å². The number of hydrogen-bond acceptors (Lipinski definition) is 5. The fourth-order valence-electron chi connectivity index (χ4n) is 2.81. The zero-order valence-electron chi connectivity index (χ0n) is 14.7. The van der Waals surface area contributed by atoms with Gasteiger partial charge in [-0.2, -0.15) is 0 Å². The number of aromatic nitrogens is 2. The first-order valence-corrected chi connectivity index (χ1v) is 9.24. The third-order valence-electron chi connectivity index (χ3n) is 4.28. The van der Waals surface area contributed by atoms with Crippen molar-refractivity contribution in [3.05, 3.63) is 77.2 Å². The summed E-state index contributed by atoms with van der Waals surface area (Å²) >= 11 is 1.47. The topological polar surface area (TPSA) is 68.3 Å². The molecule has 0 N–H and O–H groups in total. The van der Waals surface area contributed by atoms with Gasteiger partial charge in [0.25, 0.3) is 5.56 Å². The third kappa shape index (κ3) is 3.54. The van der Waals surface area contributed by atoms with Crippen molar-refractivity contribution in [3.63, 3.8) is 0 Å². The van der Waals surface area contributed by atoms with Gasteiger partial charge in [0.1, 0.15) is 17.1 Å². The number of rotatable bonds is 5. The van der Waals surface area contributed by atoms with Gasteiger partial charge in [0.2, 0.25) is 5.91 Å². The predicted molar refractivity (Wildman–Crippen MR) is 104 cm³/mol. The number of amides is 1. The summed E-state index contributed by atoms with van der Waals surface area (Å²) in [5.41, 5.74) is 0.832. The molecule has 6 nitrogen and oxygen atoms in total. The highest BCUT2D eigenvalue weighted by molar-refractivity contribution is 7.21. The highest BCUT2D eigenvalue weighted by atomic mass is 32.1. The quantitative estimate of drug-likeness (QED) is 0.533. The Hall–Kier alpha value is -3.19. The van der Waals surface area contributed by atoms with Crippen molar-refractivity contribution in [2.75, 3.05) is 7.05 Å². The van der Waals surface area contributed by atoms with Crippen molar-refractivity contribution in [1.82, 2.24) is 14.5 Å². The number of thiophene rings is 1. The molecule has 4 rings (SSSR count). The van der Waals surface area contributed by atoms with E-state index in [0.29, 0.717) is 22.5 Å². The van der Waals surface area contributed by atoms with Gasteiger partial charge in [-0.15, -0.1) is 11.3 Å². The molecule has 4 aromatic rings. The van der Waals surface area contributed by atoms with Crippen molar-refractivity contribution < 1.29 is 9.21 Å². The Morgan fingerprint density at radius 1 is 1.22 bits per heavy atom. The lowest BCUT2D eigenvalue weighted by molar-refractivity contribution is -0.131. The minimum absolute atomic E-state index is 0.0600. The maximum atomic E-state index is 12.8. The van der Waals surface area contributed by atoms with Crippen molar-refractivity contribution >= 4 is 27.5 Å². The molecule has 0 aliphatic heterocycles. The van der Waals surface area contributed by atoms with E-state index in [0.717, 1.165) is 10.4 Å². The van der Waals surface area contributed by atoms with Gasteiger partial charge in [-0.25, -0.2) is 4.98 Å². The van der Waals surface area contributed by atoms with E-state index in [1.165, 1.54) is 27.1 Å². The van der Waals surface area contributed by atoms with Crippen molar-refractivity contribution in [3.8, 4) is 10.4 Å². The number of fused-ring (bicyclic) bond motifs is 1. The molecule has 0 saturated carbocycles. The number of furan rings is 1. The third-order valence-corrected chi connectivity index (χ3v) is 5.37. The molecule has 7 heteroatoms. The largest absolute Gasteiger partial charge is 0.467 e. The Morgan fingerprint density at radius 3 is 2.78 bits per heavy atom.